The Balaban J connectivity index is 0.00000220. The zero-order chi connectivity index (χ0) is 14.6. The van der Waals surface area contributed by atoms with Crippen molar-refractivity contribution >= 4 is 18.3 Å². The highest BCUT2D eigenvalue weighted by atomic mass is 35.5. The number of morpholine rings is 1. The molecule has 3 unspecified atom stereocenters. The van der Waals surface area contributed by atoms with Crippen LogP contribution in [0.3, 0.4) is 0 Å². The molecule has 1 saturated carbocycles. The third kappa shape index (κ3) is 3.89. The third-order valence-electron chi connectivity index (χ3n) is 5.15. The van der Waals surface area contributed by atoms with E-state index in [-0.39, 0.29) is 41.9 Å². The first-order valence-electron chi connectivity index (χ1n) is 7.79. The summed E-state index contributed by atoms with van der Waals surface area (Å²) >= 11 is 0. The van der Waals surface area contributed by atoms with Gasteiger partial charge in [-0.1, -0.05) is 13.8 Å². The predicted octanol–water partition coefficient (Wildman–Crippen LogP) is 1.50. The number of methoxy groups -OCH3 is 1. The van der Waals surface area contributed by atoms with Crippen LogP contribution in [0.25, 0.3) is 0 Å². The number of rotatable bonds is 6. The van der Waals surface area contributed by atoms with Gasteiger partial charge in [-0.05, 0) is 19.3 Å². The maximum Gasteiger partial charge on any atom is 0.221 e. The lowest BCUT2D eigenvalue weighted by Crippen LogP contribution is -2.64. The van der Waals surface area contributed by atoms with E-state index in [1.165, 1.54) is 0 Å². The Hall–Kier alpha value is -0.360. The van der Waals surface area contributed by atoms with E-state index in [1.54, 1.807) is 7.11 Å². The third-order valence-corrected chi connectivity index (χ3v) is 5.15. The summed E-state index contributed by atoms with van der Waals surface area (Å²) in [5, 5.41) is 6.52. The molecule has 0 aromatic heterocycles. The van der Waals surface area contributed by atoms with E-state index < -0.39 is 0 Å². The number of amides is 1. The lowest BCUT2D eigenvalue weighted by atomic mass is 9.58. The topological polar surface area (TPSA) is 59.6 Å². The lowest BCUT2D eigenvalue weighted by molar-refractivity contribution is -0.142. The molecule has 1 aliphatic carbocycles. The van der Waals surface area contributed by atoms with Gasteiger partial charge in [-0.2, -0.15) is 0 Å². The molecule has 0 aromatic rings. The van der Waals surface area contributed by atoms with Gasteiger partial charge < -0.3 is 20.1 Å². The quantitative estimate of drug-likeness (QED) is 0.778. The fraction of sp³-hybridized carbons (Fsp3) is 0.933. The molecule has 124 valence electrons. The molecule has 0 spiro atoms. The molecule has 2 N–H and O–H groups in total. The number of carbonyl (C=O) groups is 1. The first-order valence-corrected chi connectivity index (χ1v) is 7.79. The van der Waals surface area contributed by atoms with E-state index in [0.29, 0.717) is 13.0 Å². The number of halogens is 1. The Morgan fingerprint density at radius 1 is 1.43 bits per heavy atom. The van der Waals surface area contributed by atoms with Crippen molar-refractivity contribution < 1.29 is 14.3 Å². The number of nitrogens with one attached hydrogen (secondary N) is 2. The molecule has 3 atom stereocenters. The van der Waals surface area contributed by atoms with E-state index in [1.807, 2.05) is 0 Å². The van der Waals surface area contributed by atoms with Crippen molar-refractivity contribution in [1.29, 1.82) is 0 Å². The van der Waals surface area contributed by atoms with Crippen LogP contribution in [0.15, 0.2) is 0 Å². The molecule has 1 heterocycles. The van der Waals surface area contributed by atoms with Crippen LogP contribution in [0.2, 0.25) is 0 Å². The van der Waals surface area contributed by atoms with Crippen LogP contribution in [0, 0.1) is 5.41 Å². The molecule has 6 heteroatoms. The van der Waals surface area contributed by atoms with E-state index in [2.05, 4.69) is 24.5 Å². The van der Waals surface area contributed by atoms with Crippen molar-refractivity contribution in [2.75, 3.05) is 26.9 Å². The molecule has 0 radical (unpaired) electrons. The fourth-order valence-corrected chi connectivity index (χ4v) is 3.71. The van der Waals surface area contributed by atoms with E-state index in [4.69, 9.17) is 9.47 Å². The minimum Gasteiger partial charge on any atom is -0.381 e. The molecule has 0 bridgehead atoms. The van der Waals surface area contributed by atoms with Crippen molar-refractivity contribution in [2.45, 2.75) is 57.7 Å². The summed E-state index contributed by atoms with van der Waals surface area (Å²) in [6, 6.07) is 0.402. The molecule has 0 aromatic carbocycles. The number of hydrogen-bond acceptors (Lipinski definition) is 4. The van der Waals surface area contributed by atoms with Gasteiger partial charge in [-0.3, -0.25) is 4.79 Å². The highest BCUT2D eigenvalue weighted by Crippen LogP contribution is 2.48. The van der Waals surface area contributed by atoms with Crippen LogP contribution in [0.5, 0.6) is 0 Å². The molecule has 2 fully saturated rings. The molecule has 21 heavy (non-hydrogen) atoms. The van der Waals surface area contributed by atoms with Crippen molar-refractivity contribution in [1.82, 2.24) is 10.6 Å². The highest BCUT2D eigenvalue weighted by molar-refractivity contribution is 5.85. The minimum absolute atomic E-state index is 0. The Morgan fingerprint density at radius 2 is 2.14 bits per heavy atom. The molecule has 5 nitrogen and oxygen atoms in total. The summed E-state index contributed by atoms with van der Waals surface area (Å²) in [6.45, 7) is 6.58. The van der Waals surface area contributed by atoms with Crippen molar-refractivity contribution in [3.63, 3.8) is 0 Å². The zero-order valence-corrected chi connectivity index (χ0v) is 14.1. The number of ether oxygens (including phenoxy) is 2. The molecule has 2 aliphatic rings. The average molecular weight is 321 g/mol. The molecule has 1 saturated heterocycles. The van der Waals surface area contributed by atoms with E-state index in [0.717, 1.165) is 32.4 Å². The fourth-order valence-electron chi connectivity index (χ4n) is 3.71. The summed E-state index contributed by atoms with van der Waals surface area (Å²) in [5.41, 5.74) is 0.112. The maximum atomic E-state index is 12.2. The Bertz CT molecular complexity index is 331. The number of carbonyl (C=O) groups excluding carboxylic acids is 1. The maximum absolute atomic E-state index is 12.2. The van der Waals surface area contributed by atoms with Crippen molar-refractivity contribution in [2.24, 2.45) is 5.41 Å². The Labute approximate surface area is 133 Å². The molecule has 2 rings (SSSR count). The van der Waals surface area contributed by atoms with Crippen molar-refractivity contribution in [3.8, 4) is 0 Å². The van der Waals surface area contributed by atoms with Gasteiger partial charge in [0.15, 0.2) is 0 Å². The van der Waals surface area contributed by atoms with Crippen molar-refractivity contribution in [3.05, 3.63) is 0 Å². The molecule has 1 aliphatic heterocycles. The van der Waals surface area contributed by atoms with Gasteiger partial charge in [0.1, 0.15) is 0 Å². The first-order chi connectivity index (χ1) is 9.66. The van der Waals surface area contributed by atoms with Gasteiger partial charge in [0.25, 0.3) is 0 Å². The van der Waals surface area contributed by atoms with E-state index >= 15 is 0 Å². The monoisotopic (exact) mass is 320 g/mol. The molecule has 1 amide bonds. The van der Waals surface area contributed by atoms with Gasteiger partial charge in [-0.15, -0.1) is 12.4 Å². The van der Waals surface area contributed by atoms with Crippen LogP contribution in [0.1, 0.15) is 39.5 Å². The minimum atomic E-state index is 0. The summed E-state index contributed by atoms with van der Waals surface area (Å²) in [7, 11) is 1.77. The number of hydrogen-bond donors (Lipinski definition) is 2. The smallest absolute Gasteiger partial charge is 0.221 e. The summed E-state index contributed by atoms with van der Waals surface area (Å²) in [4.78, 5) is 12.2. The van der Waals surface area contributed by atoms with Crippen LogP contribution >= 0.6 is 12.4 Å². The first kappa shape index (κ1) is 18.7. The standard InChI is InChI=1S/C15H28N2O3.ClH/c1-4-15(5-2)12(9-13(15)19-3)17-14(18)8-11-10-20-7-6-16-11;/h11-13,16H,4-10H2,1-3H3,(H,17,18);1H. The molecular formula is C15H29ClN2O3. The van der Waals surface area contributed by atoms with Crippen LogP contribution < -0.4 is 10.6 Å². The second-order valence-corrected chi connectivity index (χ2v) is 5.95. The second kappa shape index (κ2) is 8.32. The van der Waals surface area contributed by atoms with Crippen LogP contribution in [-0.2, 0) is 14.3 Å². The van der Waals surface area contributed by atoms with E-state index in [9.17, 15) is 4.79 Å². The Kier molecular flexibility index (Phi) is 7.40. The van der Waals surface area contributed by atoms with Gasteiger partial charge in [0.05, 0.1) is 19.3 Å². The Morgan fingerprint density at radius 3 is 2.67 bits per heavy atom. The van der Waals surface area contributed by atoms with Gasteiger partial charge in [0, 0.05) is 37.6 Å². The summed E-state index contributed by atoms with van der Waals surface area (Å²) in [5.74, 6) is 0.124. The zero-order valence-electron chi connectivity index (χ0n) is 13.3. The van der Waals surface area contributed by atoms with Gasteiger partial charge in [-0.25, -0.2) is 0 Å². The van der Waals surface area contributed by atoms with Crippen LogP contribution in [0.4, 0.5) is 0 Å². The largest absolute Gasteiger partial charge is 0.381 e. The van der Waals surface area contributed by atoms with Crippen LogP contribution in [-0.4, -0.2) is 51.0 Å². The normalized spacial score (nSPS) is 30.9. The SMILES string of the molecule is CCC1(CC)C(NC(=O)CC2COCCN2)CC1OC.Cl. The average Bonchev–Trinajstić information content (AvgIpc) is 2.45. The highest BCUT2D eigenvalue weighted by Gasteiger charge is 2.53. The summed E-state index contributed by atoms with van der Waals surface area (Å²) < 4.78 is 10.9. The molecular weight excluding hydrogens is 292 g/mol. The second-order valence-electron chi connectivity index (χ2n) is 5.95. The lowest BCUT2D eigenvalue weighted by Gasteiger charge is -2.55. The predicted molar refractivity (Wildman–Crippen MR) is 84.8 cm³/mol. The van der Waals surface area contributed by atoms with Gasteiger partial charge in [0.2, 0.25) is 5.91 Å². The summed E-state index contributed by atoms with van der Waals surface area (Å²) in [6.07, 6.45) is 3.78. The van der Waals surface area contributed by atoms with Gasteiger partial charge >= 0.3 is 0 Å².